The highest BCUT2D eigenvalue weighted by Crippen LogP contribution is 2.16. The van der Waals surface area contributed by atoms with Gasteiger partial charge in [0.2, 0.25) is 0 Å². The van der Waals surface area contributed by atoms with Crippen molar-refractivity contribution in [1.82, 2.24) is 25.6 Å². The summed E-state index contributed by atoms with van der Waals surface area (Å²) in [5, 5.41) is 7.44. The molecule has 0 unspecified atom stereocenters. The molecule has 0 atom stereocenters. The van der Waals surface area contributed by atoms with Crippen LogP contribution in [0.1, 0.15) is 36.8 Å². The van der Waals surface area contributed by atoms with Crippen molar-refractivity contribution in [2.24, 2.45) is 5.92 Å². The van der Waals surface area contributed by atoms with E-state index in [-0.39, 0.29) is 12.2 Å². The summed E-state index contributed by atoms with van der Waals surface area (Å²) in [5.41, 5.74) is 2.52. The Morgan fingerprint density at radius 1 is 1.17 bits per heavy atom. The first-order valence-electron chi connectivity index (χ1n) is 10.7. The normalized spacial score (nSPS) is 14.8. The number of nitrogens with zero attached hydrogens (tertiary/aromatic N) is 2. The molecular weight excluding hydrogens is 378 g/mol. The fraction of sp³-hybridized carbons (Fsp3) is 0.435. The van der Waals surface area contributed by atoms with E-state index in [1.807, 2.05) is 24.3 Å². The zero-order valence-corrected chi connectivity index (χ0v) is 17.4. The Bertz CT molecular complexity index is 1030. The number of H-pyrrole nitrogens is 1. The molecule has 2 aromatic heterocycles. The van der Waals surface area contributed by atoms with Gasteiger partial charge in [0.05, 0.1) is 11.1 Å². The van der Waals surface area contributed by atoms with Gasteiger partial charge in [0.25, 0.3) is 5.56 Å². The Kier molecular flexibility index (Phi) is 6.71. The van der Waals surface area contributed by atoms with Crippen LogP contribution in [0.3, 0.4) is 0 Å². The molecule has 7 heteroatoms. The molecule has 3 N–H and O–H groups in total. The van der Waals surface area contributed by atoms with E-state index >= 15 is 0 Å². The Hall–Kier alpha value is -2.77. The van der Waals surface area contributed by atoms with Crippen molar-refractivity contribution in [3.63, 3.8) is 0 Å². The van der Waals surface area contributed by atoms with E-state index < -0.39 is 0 Å². The molecule has 1 aromatic carbocycles. The van der Waals surface area contributed by atoms with Crippen LogP contribution >= 0.6 is 0 Å². The summed E-state index contributed by atoms with van der Waals surface area (Å²) in [6.45, 7) is 6.03. The Balaban J connectivity index is 1.46. The fourth-order valence-corrected chi connectivity index (χ4v) is 3.82. The van der Waals surface area contributed by atoms with Gasteiger partial charge in [-0.05, 0) is 68.6 Å². The molecule has 0 aliphatic carbocycles. The summed E-state index contributed by atoms with van der Waals surface area (Å²) in [7, 11) is 0. The minimum atomic E-state index is -0.165. The van der Waals surface area contributed by atoms with E-state index in [2.05, 4.69) is 32.5 Å². The lowest BCUT2D eigenvalue weighted by atomic mass is 9.98. The van der Waals surface area contributed by atoms with E-state index in [9.17, 15) is 4.79 Å². The number of hydrogen-bond acceptors (Lipinski definition) is 6. The molecule has 0 amide bonds. The summed E-state index contributed by atoms with van der Waals surface area (Å²) < 4.78 is 5.82. The molecule has 3 heterocycles. The van der Waals surface area contributed by atoms with Gasteiger partial charge in [0, 0.05) is 12.7 Å². The van der Waals surface area contributed by atoms with E-state index in [0.717, 1.165) is 37.5 Å². The average Bonchev–Trinajstić information content (AvgIpc) is 2.79. The van der Waals surface area contributed by atoms with Gasteiger partial charge in [0.15, 0.2) is 0 Å². The number of aromatic nitrogens is 3. The number of aromatic amines is 1. The van der Waals surface area contributed by atoms with Gasteiger partial charge in [0.1, 0.15) is 23.7 Å². The van der Waals surface area contributed by atoms with Crippen LogP contribution in [0, 0.1) is 5.92 Å². The molecular formula is C23H29N5O2. The Morgan fingerprint density at radius 2 is 1.97 bits per heavy atom. The molecule has 1 saturated heterocycles. The fourth-order valence-electron chi connectivity index (χ4n) is 3.82. The molecule has 0 radical (unpaired) electrons. The van der Waals surface area contributed by atoms with Crippen LogP contribution in [-0.4, -0.2) is 34.6 Å². The van der Waals surface area contributed by atoms with Crippen molar-refractivity contribution < 1.29 is 4.74 Å². The first kappa shape index (κ1) is 20.5. The maximum atomic E-state index is 12.6. The second kappa shape index (κ2) is 9.82. The Morgan fingerprint density at radius 3 is 2.73 bits per heavy atom. The molecule has 1 aliphatic heterocycles. The lowest BCUT2D eigenvalue weighted by Crippen LogP contribution is -2.33. The van der Waals surface area contributed by atoms with Gasteiger partial charge in [-0.3, -0.25) is 9.78 Å². The number of piperidine rings is 1. The number of benzene rings is 1. The predicted octanol–water partition coefficient (Wildman–Crippen LogP) is 2.55. The summed E-state index contributed by atoms with van der Waals surface area (Å²) in [4.78, 5) is 24.5. The van der Waals surface area contributed by atoms with Gasteiger partial charge < -0.3 is 20.4 Å². The molecule has 0 bridgehead atoms. The highest BCUT2D eigenvalue weighted by Gasteiger charge is 2.14. The third-order valence-electron chi connectivity index (χ3n) is 5.64. The second-order valence-corrected chi connectivity index (χ2v) is 7.78. The lowest BCUT2D eigenvalue weighted by Gasteiger charge is -2.22. The highest BCUT2D eigenvalue weighted by atomic mass is 16.5. The Labute approximate surface area is 176 Å². The minimum absolute atomic E-state index is 0.165. The van der Waals surface area contributed by atoms with E-state index in [4.69, 9.17) is 4.74 Å². The van der Waals surface area contributed by atoms with Crippen LogP contribution in [-0.2, 0) is 19.6 Å². The van der Waals surface area contributed by atoms with Gasteiger partial charge >= 0.3 is 0 Å². The third kappa shape index (κ3) is 5.04. The van der Waals surface area contributed by atoms with Crippen LogP contribution in [0.5, 0.6) is 5.75 Å². The monoisotopic (exact) mass is 407 g/mol. The van der Waals surface area contributed by atoms with Crippen LogP contribution < -0.4 is 20.9 Å². The van der Waals surface area contributed by atoms with Crippen LogP contribution in [0.15, 0.2) is 41.3 Å². The van der Waals surface area contributed by atoms with Crippen molar-refractivity contribution >= 4 is 10.9 Å². The molecule has 4 rings (SSSR count). The van der Waals surface area contributed by atoms with Crippen molar-refractivity contribution in [2.75, 3.05) is 19.6 Å². The standard InChI is InChI=1S/C23H29N5O2/c1-2-16-3-5-18(6-4-16)30-15-21-27-22-19(23(29)28-21)9-12-26-20(22)14-25-13-17-7-10-24-11-8-17/h3-6,9,12,17,24-25H,2,7-8,10-11,13-15H2,1H3,(H,27,28,29). The van der Waals surface area contributed by atoms with Gasteiger partial charge in [-0.1, -0.05) is 19.1 Å². The van der Waals surface area contributed by atoms with Gasteiger partial charge in [-0.15, -0.1) is 0 Å². The number of hydrogen-bond donors (Lipinski definition) is 3. The number of aryl methyl sites for hydroxylation is 1. The zero-order valence-electron chi connectivity index (χ0n) is 17.4. The van der Waals surface area contributed by atoms with E-state index in [1.165, 1.54) is 18.4 Å². The topological polar surface area (TPSA) is 91.9 Å². The molecule has 3 aromatic rings. The first-order valence-corrected chi connectivity index (χ1v) is 10.7. The maximum absolute atomic E-state index is 12.6. The lowest BCUT2D eigenvalue weighted by molar-refractivity contribution is 0.296. The number of fused-ring (bicyclic) bond motifs is 1. The van der Waals surface area contributed by atoms with Crippen LogP contribution in [0.2, 0.25) is 0 Å². The largest absolute Gasteiger partial charge is 0.486 e. The quantitative estimate of drug-likeness (QED) is 0.532. The molecule has 0 spiro atoms. The summed E-state index contributed by atoms with van der Waals surface area (Å²) in [6.07, 6.45) is 5.04. The minimum Gasteiger partial charge on any atom is -0.486 e. The van der Waals surface area contributed by atoms with Crippen molar-refractivity contribution in [3.05, 3.63) is 64.0 Å². The smallest absolute Gasteiger partial charge is 0.258 e. The summed E-state index contributed by atoms with van der Waals surface area (Å²) >= 11 is 0. The molecule has 158 valence electrons. The SMILES string of the molecule is CCc1ccc(OCc2nc3c(CNCC4CCNCC4)nccc3c(=O)[nH]2)cc1. The number of rotatable bonds is 8. The molecule has 7 nitrogen and oxygen atoms in total. The summed E-state index contributed by atoms with van der Waals surface area (Å²) in [6, 6.07) is 9.68. The molecule has 1 aliphatic rings. The molecule has 0 saturated carbocycles. The highest BCUT2D eigenvalue weighted by molar-refractivity contribution is 5.79. The number of nitrogens with one attached hydrogen (secondary N) is 3. The number of ether oxygens (including phenoxy) is 1. The number of pyridine rings is 1. The van der Waals surface area contributed by atoms with Crippen LogP contribution in [0.4, 0.5) is 0 Å². The molecule has 30 heavy (non-hydrogen) atoms. The van der Waals surface area contributed by atoms with Crippen molar-refractivity contribution in [1.29, 1.82) is 0 Å². The average molecular weight is 408 g/mol. The zero-order chi connectivity index (χ0) is 20.8. The maximum Gasteiger partial charge on any atom is 0.258 e. The van der Waals surface area contributed by atoms with E-state index in [1.54, 1.807) is 12.3 Å². The van der Waals surface area contributed by atoms with Crippen molar-refractivity contribution in [3.8, 4) is 5.75 Å². The predicted molar refractivity (Wildman–Crippen MR) is 118 cm³/mol. The van der Waals surface area contributed by atoms with E-state index in [0.29, 0.717) is 29.2 Å². The van der Waals surface area contributed by atoms with Crippen molar-refractivity contribution in [2.45, 2.75) is 39.3 Å². The second-order valence-electron chi connectivity index (χ2n) is 7.78. The molecule has 1 fully saturated rings. The van der Waals surface area contributed by atoms with Gasteiger partial charge in [-0.2, -0.15) is 0 Å². The van der Waals surface area contributed by atoms with Crippen LogP contribution in [0.25, 0.3) is 10.9 Å². The summed E-state index contributed by atoms with van der Waals surface area (Å²) in [5.74, 6) is 1.94. The first-order chi connectivity index (χ1) is 14.7. The third-order valence-corrected chi connectivity index (χ3v) is 5.64. The van der Waals surface area contributed by atoms with Gasteiger partial charge in [-0.25, -0.2) is 4.98 Å².